The van der Waals surface area contributed by atoms with Crippen LogP contribution < -0.4 is 18.9 Å². The second-order valence-electron chi connectivity index (χ2n) is 6.53. The third-order valence-corrected chi connectivity index (χ3v) is 4.56. The van der Waals surface area contributed by atoms with Crippen LogP contribution in [0, 0.1) is 0 Å². The largest absolute Gasteiger partial charge is 0.490 e. The van der Waals surface area contributed by atoms with Crippen molar-refractivity contribution in [2.24, 2.45) is 0 Å². The van der Waals surface area contributed by atoms with E-state index in [9.17, 15) is 4.79 Å². The van der Waals surface area contributed by atoms with E-state index in [1.807, 2.05) is 13.8 Å². The zero-order chi connectivity index (χ0) is 20.6. The molecule has 1 aliphatic heterocycles. The van der Waals surface area contributed by atoms with Crippen molar-refractivity contribution >= 4 is 5.91 Å². The number of ether oxygens (including phenoxy) is 4. The highest BCUT2D eigenvalue weighted by molar-refractivity contribution is 5.95. The maximum absolute atomic E-state index is 13.1. The van der Waals surface area contributed by atoms with Gasteiger partial charge in [-0.2, -0.15) is 0 Å². The van der Waals surface area contributed by atoms with Crippen LogP contribution >= 0.6 is 0 Å². The van der Waals surface area contributed by atoms with Gasteiger partial charge in [-0.3, -0.25) is 4.79 Å². The normalized spacial score (nSPS) is 16.2. The summed E-state index contributed by atoms with van der Waals surface area (Å²) in [6.07, 6.45) is 4.60. The zero-order valence-corrected chi connectivity index (χ0v) is 17.1. The first-order valence-electron chi connectivity index (χ1n) is 9.86. The fourth-order valence-corrected chi connectivity index (χ4v) is 3.28. The first kappa shape index (κ1) is 20.7. The lowest BCUT2D eigenvalue weighted by molar-refractivity contribution is 0.0519. The van der Waals surface area contributed by atoms with Crippen LogP contribution in [0.3, 0.4) is 0 Å². The van der Waals surface area contributed by atoms with Gasteiger partial charge >= 0.3 is 0 Å². The molecule has 1 saturated heterocycles. The predicted molar refractivity (Wildman–Crippen MR) is 107 cm³/mol. The van der Waals surface area contributed by atoms with E-state index in [1.165, 1.54) is 7.11 Å². The van der Waals surface area contributed by atoms with E-state index >= 15 is 0 Å². The molecule has 0 aliphatic carbocycles. The average Bonchev–Trinajstić information content (AvgIpc) is 2.75. The van der Waals surface area contributed by atoms with E-state index < -0.39 is 0 Å². The van der Waals surface area contributed by atoms with Crippen molar-refractivity contribution in [3.63, 3.8) is 0 Å². The Balaban J connectivity index is 1.71. The zero-order valence-electron chi connectivity index (χ0n) is 17.1. The Morgan fingerprint density at radius 2 is 1.83 bits per heavy atom. The second-order valence-corrected chi connectivity index (χ2v) is 6.53. The van der Waals surface area contributed by atoms with Gasteiger partial charge in [-0.1, -0.05) is 0 Å². The average molecular weight is 401 g/mol. The highest BCUT2D eigenvalue weighted by Gasteiger charge is 2.27. The minimum atomic E-state index is -0.174. The molecule has 1 aromatic carbocycles. The van der Waals surface area contributed by atoms with Crippen molar-refractivity contribution in [1.29, 1.82) is 0 Å². The monoisotopic (exact) mass is 401 g/mol. The summed E-state index contributed by atoms with van der Waals surface area (Å²) in [5, 5.41) is 0. The SMILES string of the molecule is CCOc1ccc(C(=O)N2CCCC(Oc3nccnc3OC)C2)cc1OCC. The van der Waals surface area contributed by atoms with Gasteiger partial charge < -0.3 is 23.8 Å². The van der Waals surface area contributed by atoms with Gasteiger partial charge in [-0.05, 0) is 44.9 Å². The number of benzene rings is 1. The molecule has 8 heteroatoms. The molecular weight excluding hydrogens is 374 g/mol. The van der Waals surface area contributed by atoms with Gasteiger partial charge in [0.1, 0.15) is 6.10 Å². The third kappa shape index (κ3) is 5.07. The van der Waals surface area contributed by atoms with E-state index in [0.717, 1.165) is 12.8 Å². The number of rotatable bonds is 8. The van der Waals surface area contributed by atoms with Crippen molar-refractivity contribution < 1.29 is 23.7 Å². The molecule has 0 N–H and O–H groups in total. The van der Waals surface area contributed by atoms with E-state index in [1.54, 1.807) is 35.5 Å². The summed E-state index contributed by atoms with van der Waals surface area (Å²) in [6.45, 7) is 5.98. The smallest absolute Gasteiger partial charge is 0.278 e. The molecule has 0 bridgehead atoms. The summed E-state index contributed by atoms with van der Waals surface area (Å²) < 4.78 is 22.4. The van der Waals surface area contributed by atoms with Crippen LogP contribution in [-0.4, -0.2) is 60.3 Å². The molecule has 0 spiro atoms. The predicted octanol–water partition coefficient (Wildman–Crippen LogP) is 2.97. The van der Waals surface area contributed by atoms with Gasteiger partial charge in [0, 0.05) is 24.5 Å². The Bertz CT molecular complexity index is 830. The lowest BCUT2D eigenvalue weighted by Crippen LogP contribution is -2.44. The van der Waals surface area contributed by atoms with E-state index in [2.05, 4.69) is 9.97 Å². The molecule has 1 amide bonds. The number of nitrogens with zero attached hydrogens (tertiary/aromatic N) is 3. The number of piperidine rings is 1. The lowest BCUT2D eigenvalue weighted by Gasteiger charge is -2.32. The second kappa shape index (κ2) is 9.95. The van der Waals surface area contributed by atoms with Crippen LogP contribution in [-0.2, 0) is 0 Å². The number of aromatic nitrogens is 2. The Morgan fingerprint density at radius 3 is 2.55 bits per heavy atom. The van der Waals surface area contributed by atoms with Crippen LogP contribution in [0.5, 0.6) is 23.3 Å². The molecule has 1 unspecified atom stereocenters. The molecular formula is C21H27N3O5. The van der Waals surface area contributed by atoms with Crippen molar-refractivity contribution in [3.05, 3.63) is 36.2 Å². The topological polar surface area (TPSA) is 83.0 Å². The fraction of sp³-hybridized carbons (Fsp3) is 0.476. The molecule has 1 fully saturated rings. The Morgan fingerprint density at radius 1 is 1.10 bits per heavy atom. The maximum atomic E-state index is 13.1. The van der Waals surface area contributed by atoms with Crippen LogP contribution in [0.1, 0.15) is 37.0 Å². The molecule has 29 heavy (non-hydrogen) atoms. The number of carbonyl (C=O) groups is 1. The van der Waals surface area contributed by atoms with Gasteiger partial charge in [0.05, 0.1) is 26.9 Å². The quantitative estimate of drug-likeness (QED) is 0.672. The third-order valence-electron chi connectivity index (χ3n) is 4.56. The van der Waals surface area contributed by atoms with Crippen LogP contribution in [0.2, 0.25) is 0 Å². The van der Waals surface area contributed by atoms with Crippen molar-refractivity contribution in [1.82, 2.24) is 14.9 Å². The molecule has 3 rings (SSSR count). The molecule has 1 aromatic heterocycles. The number of methoxy groups -OCH3 is 1. The molecule has 0 saturated carbocycles. The van der Waals surface area contributed by atoms with Crippen LogP contribution in [0.25, 0.3) is 0 Å². The Hall–Kier alpha value is -3.03. The van der Waals surface area contributed by atoms with Crippen LogP contribution in [0.4, 0.5) is 0 Å². The fourth-order valence-electron chi connectivity index (χ4n) is 3.28. The maximum Gasteiger partial charge on any atom is 0.278 e. The number of likely N-dealkylation sites (tertiary alicyclic amines) is 1. The van der Waals surface area contributed by atoms with E-state index in [4.69, 9.17) is 18.9 Å². The van der Waals surface area contributed by atoms with Crippen LogP contribution in [0.15, 0.2) is 30.6 Å². The molecule has 2 heterocycles. The summed E-state index contributed by atoms with van der Waals surface area (Å²) in [7, 11) is 1.52. The molecule has 2 aromatic rings. The van der Waals surface area contributed by atoms with Crippen molar-refractivity contribution in [2.45, 2.75) is 32.8 Å². The molecule has 0 radical (unpaired) electrons. The van der Waals surface area contributed by atoms with Crippen molar-refractivity contribution in [3.8, 4) is 23.3 Å². The summed E-state index contributed by atoms with van der Waals surface area (Å²) in [5.74, 6) is 1.83. The lowest BCUT2D eigenvalue weighted by atomic mass is 10.1. The minimum absolute atomic E-state index is 0.0617. The first-order chi connectivity index (χ1) is 14.2. The van der Waals surface area contributed by atoms with Gasteiger partial charge in [0.25, 0.3) is 17.7 Å². The highest BCUT2D eigenvalue weighted by atomic mass is 16.5. The molecule has 8 nitrogen and oxygen atoms in total. The molecule has 156 valence electrons. The standard InChI is InChI=1S/C21H27N3O5/c1-4-27-17-9-8-15(13-18(17)28-5-2)21(25)24-12-6-7-16(14-24)29-20-19(26-3)22-10-11-23-20/h8-11,13,16H,4-7,12,14H2,1-3H3. The Kier molecular flexibility index (Phi) is 7.10. The van der Waals surface area contributed by atoms with Gasteiger partial charge in [0.15, 0.2) is 11.5 Å². The highest BCUT2D eigenvalue weighted by Crippen LogP contribution is 2.30. The van der Waals surface area contributed by atoms with Gasteiger partial charge in [0.2, 0.25) is 0 Å². The summed E-state index contributed by atoms with van der Waals surface area (Å²) in [6, 6.07) is 5.29. The van der Waals surface area contributed by atoms with Crippen molar-refractivity contribution in [2.75, 3.05) is 33.4 Å². The summed E-state index contributed by atoms with van der Waals surface area (Å²) in [4.78, 5) is 23.1. The molecule has 1 atom stereocenters. The Labute approximate surface area is 170 Å². The number of hydrogen-bond donors (Lipinski definition) is 0. The number of hydrogen-bond acceptors (Lipinski definition) is 7. The van der Waals surface area contributed by atoms with Gasteiger partial charge in [-0.15, -0.1) is 0 Å². The first-order valence-corrected chi connectivity index (χ1v) is 9.86. The molecule has 1 aliphatic rings. The number of amides is 1. The minimum Gasteiger partial charge on any atom is -0.490 e. The summed E-state index contributed by atoms with van der Waals surface area (Å²) in [5.41, 5.74) is 0.564. The number of carbonyl (C=O) groups excluding carboxylic acids is 1. The van der Waals surface area contributed by atoms with E-state index in [0.29, 0.717) is 55.1 Å². The summed E-state index contributed by atoms with van der Waals surface area (Å²) >= 11 is 0. The van der Waals surface area contributed by atoms with Gasteiger partial charge in [-0.25, -0.2) is 9.97 Å². The van der Waals surface area contributed by atoms with E-state index in [-0.39, 0.29) is 12.0 Å².